The number of cyclic esters (lactones) is 1. The van der Waals surface area contributed by atoms with Gasteiger partial charge in [-0.2, -0.15) is 0 Å². The lowest BCUT2D eigenvalue weighted by molar-refractivity contribution is 0.0496. The van der Waals surface area contributed by atoms with Crippen molar-refractivity contribution >= 4 is 17.9 Å². The van der Waals surface area contributed by atoms with E-state index in [0.717, 1.165) is 16.9 Å². The lowest BCUT2D eigenvalue weighted by atomic mass is 10.0. The van der Waals surface area contributed by atoms with E-state index in [1.807, 2.05) is 30.5 Å². The summed E-state index contributed by atoms with van der Waals surface area (Å²) in [5.41, 5.74) is 1.58. The summed E-state index contributed by atoms with van der Waals surface area (Å²) in [6.45, 7) is 6.68. The molecule has 8 nitrogen and oxygen atoms in total. The van der Waals surface area contributed by atoms with E-state index in [9.17, 15) is 9.59 Å². The molecule has 0 aromatic heterocycles. The van der Waals surface area contributed by atoms with Gasteiger partial charge in [-0.3, -0.25) is 4.90 Å². The Hall–Kier alpha value is -3.82. The van der Waals surface area contributed by atoms with E-state index in [4.69, 9.17) is 14.2 Å². The zero-order valence-electron chi connectivity index (χ0n) is 21.8. The van der Waals surface area contributed by atoms with Crippen LogP contribution in [0.25, 0.3) is 0 Å². The van der Waals surface area contributed by atoms with Crippen LogP contribution in [0.1, 0.15) is 37.8 Å². The molecule has 3 aliphatic rings. The van der Waals surface area contributed by atoms with Crippen molar-refractivity contribution in [1.29, 1.82) is 0 Å². The Morgan fingerprint density at radius 1 is 1.13 bits per heavy atom. The number of alkyl carbamates (subject to hydrolysis) is 1. The summed E-state index contributed by atoms with van der Waals surface area (Å²) in [7, 11) is 1.62. The first-order valence-corrected chi connectivity index (χ1v) is 12.5. The molecule has 2 aromatic carbocycles. The number of nitrogens with one attached hydrogen (secondary N) is 1. The van der Waals surface area contributed by atoms with Crippen molar-refractivity contribution in [3.8, 4) is 5.75 Å². The van der Waals surface area contributed by atoms with Crippen LogP contribution in [0.3, 0.4) is 0 Å². The summed E-state index contributed by atoms with van der Waals surface area (Å²) >= 11 is 0. The number of methoxy groups -OCH3 is 1. The molecule has 0 radical (unpaired) electrons. The normalized spacial score (nSPS) is 22.1. The molecule has 1 N–H and O–H groups in total. The van der Waals surface area contributed by atoms with Gasteiger partial charge in [-0.05, 0) is 62.4 Å². The lowest BCUT2D eigenvalue weighted by Gasteiger charge is -2.20. The number of hydrogen-bond acceptors (Lipinski definition) is 6. The molecule has 0 bridgehead atoms. The van der Waals surface area contributed by atoms with Crippen LogP contribution in [0.2, 0.25) is 0 Å². The van der Waals surface area contributed by atoms with Gasteiger partial charge >= 0.3 is 12.2 Å². The summed E-state index contributed by atoms with van der Waals surface area (Å²) in [6.07, 6.45) is -0.0506. The molecule has 2 heterocycles. The van der Waals surface area contributed by atoms with Crippen LogP contribution < -0.4 is 15.0 Å². The fourth-order valence-corrected chi connectivity index (χ4v) is 5.06. The van der Waals surface area contributed by atoms with Gasteiger partial charge in [0.05, 0.1) is 25.9 Å². The van der Waals surface area contributed by atoms with E-state index < -0.39 is 35.5 Å². The first-order valence-electron chi connectivity index (χ1n) is 12.5. The number of carbonyl (C=O) groups excluding carboxylic acids is 2. The van der Waals surface area contributed by atoms with Gasteiger partial charge in [-0.25, -0.2) is 18.4 Å². The Balaban J connectivity index is 1.20. The van der Waals surface area contributed by atoms with Gasteiger partial charge in [0.25, 0.3) is 0 Å². The Bertz CT molecular complexity index is 1250. The Morgan fingerprint density at radius 2 is 1.82 bits per heavy atom. The molecule has 0 unspecified atom stereocenters. The number of nitrogens with zero attached hydrogens (tertiary/aromatic N) is 2. The van der Waals surface area contributed by atoms with Crippen molar-refractivity contribution in [1.82, 2.24) is 10.2 Å². The van der Waals surface area contributed by atoms with Crippen LogP contribution in [0.4, 0.5) is 24.1 Å². The molecule has 202 valence electrons. The van der Waals surface area contributed by atoms with Crippen molar-refractivity contribution in [3.63, 3.8) is 0 Å². The van der Waals surface area contributed by atoms with Crippen LogP contribution in [0.15, 0.2) is 48.2 Å². The second-order valence-corrected chi connectivity index (χ2v) is 10.8. The monoisotopic (exact) mass is 527 g/mol. The zero-order valence-corrected chi connectivity index (χ0v) is 21.8. The lowest BCUT2D eigenvalue weighted by Crippen LogP contribution is -2.38. The molecule has 1 saturated heterocycles. The molecule has 2 aliphatic heterocycles. The minimum absolute atomic E-state index is 0.0190. The smallest absolute Gasteiger partial charge is 0.414 e. The number of amides is 2. The maximum atomic E-state index is 15.2. The molecule has 5 rings (SSSR count). The number of carbonyl (C=O) groups is 2. The Labute approximate surface area is 220 Å². The van der Waals surface area contributed by atoms with E-state index in [2.05, 4.69) is 10.2 Å². The van der Waals surface area contributed by atoms with E-state index in [1.54, 1.807) is 27.9 Å². The number of fused-ring (bicyclic) bond motifs is 1. The average Bonchev–Trinajstić information content (AvgIpc) is 3.14. The predicted octanol–water partition coefficient (Wildman–Crippen LogP) is 4.94. The van der Waals surface area contributed by atoms with E-state index in [1.165, 1.54) is 17.0 Å². The molecule has 1 saturated carbocycles. The highest BCUT2D eigenvalue weighted by molar-refractivity contribution is 5.90. The van der Waals surface area contributed by atoms with Gasteiger partial charge in [-0.1, -0.05) is 12.1 Å². The number of anilines is 1. The van der Waals surface area contributed by atoms with Gasteiger partial charge in [0, 0.05) is 30.5 Å². The van der Waals surface area contributed by atoms with E-state index >= 15 is 8.78 Å². The minimum atomic E-state index is -0.729. The number of ether oxygens (including phenoxy) is 3. The van der Waals surface area contributed by atoms with E-state index in [-0.39, 0.29) is 36.2 Å². The maximum Gasteiger partial charge on any atom is 0.414 e. The summed E-state index contributed by atoms with van der Waals surface area (Å²) in [5.74, 6) is -0.813. The molecule has 2 aromatic rings. The highest BCUT2D eigenvalue weighted by atomic mass is 19.1. The number of halogens is 2. The minimum Gasteiger partial charge on any atom is -0.497 e. The van der Waals surface area contributed by atoms with Crippen molar-refractivity contribution in [2.24, 2.45) is 5.92 Å². The van der Waals surface area contributed by atoms with Crippen LogP contribution in [0, 0.1) is 17.6 Å². The fourth-order valence-electron chi connectivity index (χ4n) is 5.06. The standard InChI is InChI=1S/C28H31F2N3O5/c1-28(2,3)38-26(34)31-11-19-13-33(27(35)37-19)17-9-22(29)25(23(30)10-17)24-20-14-32(15-21(20)24)12-16-5-7-18(36-4)8-6-16/h5-10,14,19,21,24H,11-13,15H2,1-4H3,(H,31,34)/t19-,21+,24+/m0/s1. The van der Waals surface area contributed by atoms with Crippen molar-refractivity contribution in [3.05, 3.63) is 70.9 Å². The molecule has 1 aliphatic carbocycles. The molecular weight excluding hydrogens is 496 g/mol. The molecule has 3 atom stereocenters. The summed E-state index contributed by atoms with van der Waals surface area (Å²) < 4.78 is 46.0. The molecule has 2 fully saturated rings. The first-order chi connectivity index (χ1) is 18.0. The van der Waals surface area contributed by atoms with Gasteiger partial charge in [0.1, 0.15) is 29.1 Å². The predicted molar refractivity (Wildman–Crippen MR) is 136 cm³/mol. The molecular formula is C28H31F2N3O5. The largest absolute Gasteiger partial charge is 0.497 e. The quantitative estimate of drug-likeness (QED) is 0.550. The van der Waals surface area contributed by atoms with E-state index in [0.29, 0.717) is 13.1 Å². The third-order valence-corrected chi connectivity index (χ3v) is 6.82. The topological polar surface area (TPSA) is 80.3 Å². The summed E-state index contributed by atoms with van der Waals surface area (Å²) in [5, 5.41) is 2.55. The second-order valence-electron chi connectivity index (χ2n) is 10.8. The molecule has 0 spiro atoms. The van der Waals surface area contributed by atoms with Gasteiger partial charge in [-0.15, -0.1) is 0 Å². The third kappa shape index (κ3) is 5.39. The zero-order chi connectivity index (χ0) is 27.2. The maximum absolute atomic E-state index is 15.2. The number of hydrogen-bond donors (Lipinski definition) is 1. The first kappa shape index (κ1) is 25.8. The van der Waals surface area contributed by atoms with Crippen LogP contribution >= 0.6 is 0 Å². The van der Waals surface area contributed by atoms with Crippen LogP contribution in [-0.4, -0.2) is 55.5 Å². The number of rotatable bonds is 7. The van der Waals surface area contributed by atoms with Crippen molar-refractivity contribution in [2.75, 3.05) is 31.6 Å². The molecule has 10 heteroatoms. The SMILES string of the molecule is COc1ccc(CN2C=C3[C@@H](C2)[C@@H]3c2c(F)cc(N3C[C@H](CNC(=O)OC(C)(C)C)OC3=O)cc2F)cc1. The molecule has 2 amide bonds. The second kappa shape index (κ2) is 9.81. The van der Waals surface area contributed by atoms with Crippen LogP contribution in [0.5, 0.6) is 5.75 Å². The van der Waals surface area contributed by atoms with Gasteiger partial charge in [0.15, 0.2) is 0 Å². The van der Waals surface area contributed by atoms with Crippen LogP contribution in [-0.2, 0) is 16.0 Å². The third-order valence-electron chi connectivity index (χ3n) is 6.82. The fraction of sp³-hybridized carbons (Fsp3) is 0.429. The highest BCUT2D eigenvalue weighted by Gasteiger charge is 2.52. The van der Waals surface area contributed by atoms with Gasteiger partial charge < -0.3 is 24.4 Å². The van der Waals surface area contributed by atoms with Gasteiger partial charge in [0.2, 0.25) is 0 Å². The average molecular weight is 528 g/mol. The summed E-state index contributed by atoms with van der Waals surface area (Å²) in [4.78, 5) is 27.6. The Morgan fingerprint density at radius 3 is 2.39 bits per heavy atom. The highest BCUT2D eigenvalue weighted by Crippen LogP contribution is 2.58. The number of benzene rings is 2. The van der Waals surface area contributed by atoms with Crippen molar-refractivity contribution in [2.45, 2.75) is 44.9 Å². The molecule has 38 heavy (non-hydrogen) atoms. The summed E-state index contributed by atoms with van der Waals surface area (Å²) in [6, 6.07) is 10.2. The van der Waals surface area contributed by atoms with Crippen molar-refractivity contribution < 1.29 is 32.6 Å². The Kier molecular flexibility index (Phi) is 6.66.